The standard InChI is InChI=1S/C15H26N2O/c1-12(10-14-7-5-9-18-14)17(2)15-8-4-3-6-13(15)11-16/h5,7,9,12-13,15H,3-4,6,8,10-11,16H2,1-2H3. The van der Waals surface area contributed by atoms with Gasteiger partial charge in [-0.2, -0.15) is 0 Å². The molecule has 1 aliphatic carbocycles. The fourth-order valence-electron chi connectivity index (χ4n) is 3.19. The maximum absolute atomic E-state index is 5.92. The monoisotopic (exact) mass is 250 g/mol. The number of nitrogens with zero attached hydrogens (tertiary/aromatic N) is 1. The number of hydrogen-bond donors (Lipinski definition) is 1. The summed E-state index contributed by atoms with van der Waals surface area (Å²) in [4.78, 5) is 2.51. The molecular weight excluding hydrogens is 224 g/mol. The molecule has 0 saturated heterocycles. The second kappa shape index (κ2) is 6.39. The van der Waals surface area contributed by atoms with Gasteiger partial charge in [-0.3, -0.25) is 4.90 Å². The highest BCUT2D eigenvalue weighted by Gasteiger charge is 2.29. The van der Waals surface area contributed by atoms with E-state index in [0.717, 1.165) is 18.7 Å². The van der Waals surface area contributed by atoms with Crippen molar-refractivity contribution in [2.45, 2.75) is 51.1 Å². The van der Waals surface area contributed by atoms with Crippen molar-refractivity contribution in [2.75, 3.05) is 13.6 Å². The van der Waals surface area contributed by atoms with Crippen molar-refractivity contribution in [3.05, 3.63) is 24.2 Å². The quantitative estimate of drug-likeness (QED) is 0.873. The van der Waals surface area contributed by atoms with Crippen molar-refractivity contribution in [3.8, 4) is 0 Å². The van der Waals surface area contributed by atoms with Crippen molar-refractivity contribution < 1.29 is 4.42 Å². The van der Waals surface area contributed by atoms with E-state index in [0.29, 0.717) is 18.0 Å². The van der Waals surface area contributed by atoms with Crippen molar-refractivity contribution in [2.24, 2.45) is 11.7 Å². The Balaban J connectivity index is 1.94. The molecule has 0 amide bonds. The zero-order valence-electron chi connectivity index (χ0n) is 11.6. The van der Waals surface area contributed by atoms with Crippen LogP contribution in [0.25, 0.3) is 0 Å². The summed E-state index contributed by atoms with van der Waals surface area (Å²) in [5, 5.41) is 0. The zero-order valence-corrected chi connectivity index (χ0v) is 11.6. The predicted octanol–water partition coefficient (Wildman–Crippen LogP) is 2.66. The van der Waals surface area contributed by atoms with Gasteiger partial charge in [-0.25, -0.2) is 0 Å². The van der Waals surface area contributed by atoms with E-state index in [9.17, 15) is 0 Å². The van der Waals surface area contributed by atoms with Crippen LogP contribution in [0.5, 0.6) is 0 Å². The normalized spacial score (nSPS) is 26.4. The lowest BCUT2D eigenvalue weighted by molar-refractivity contribution is 0.0965. The molecule has 0 radical (unpaired) electrons. The van der Waals surface area contributed by atoms with Crippen molar-refractivity contribution >= 4 is 0 Å². The van der Waals surface area contributed by atoms with Gasteiger partial charge in [0.1, 0.15) is 5.76 Å². The second-order valence-corrected chi connectivity index (χ2v) is 5.65. The molecule has 0 aromatic carbocycles. The summed E-state index contributed by atoms with van der Waals surface area (Å²) in [5.41, 5.74) is 5.92. The first-order valence-electron chi connectivity index (χ1n) is 7.16. The Morgan fingerprint density at radius 2 is 2.22 bits per heavy atom. The number of furan rings is 1. The van der Waals surface area contributed by atoms with Gasteiger partial charge in [-0.1, -0.05) is 12.8 Å². The van der Waals surface area contributed by atoms with Crippen molar-refractivity contribution in [1.82, 2.24) is 4.90 Å². The molecule has 3 nitrogen and oxygen atoms in total. The molecule has 1 fully saturated rings. The SMILES string of the molecule is CC(Cc1ccco1)N(C)C1CCCCC1CN. The van der Waals surface area contributed by atoms with E-state index >= 15 is 0 Å². The zero-order chi connectivity index (χ0) is 13.0. The van der Waals surface area contributed by atoms with Gasteiger partial charge in [0.25, 0.3) is 0 Å². The minimum Gasteiger partial charge on any atom is -0.469 e. The third-order valence-corrected chi connectivity index (χ3v) is 4.47. The molecule has 0 bridgehead atoms. The van der Waals surface area contributed by atoms with E-state index in [4.69, 9.17) is 10.2 Å². The van der Waals surface area contributed by atoms with E-state index in [1.54, 1.807) is 6.26 Å². The molecule has 1 aromatic heterocycles. The molecule has 1 aromatic rings. The summed E-state index contributed by atoms with van der Waals surface area (Å²) in [5.74, 6) is 1.75. The molecule has 0 aliphatic heterocycles. The minimum atomic E-state index is 0.508. The summed E-state index contributed by atoms with van der Waals surface area (Å²) in [6.07, 6.45) is 8.01. The highest BCUT2D eigenvalue weighted by Crippen LogP contribution is 2.28. The number of rotatable bonds is 5. The van der Waals surface area contributed by atoms with Crippen LogP contribution in [0.4, 0.5) is 0 Å². The number of hydrogen-bond acceptors (Lipinski definition) is 3. The van der Waals surface area contributed by atoms with Crippen LogP contribution in [0.3, 0.4) is 0 Å². The van der Waals surface area contributed by atoms with Crippen LogP contribution in [-0.4, -0.2) is 30.6 Å². The van der Waals surface area contributed by atoms with Crippen LogP contribution in [-0.2, 0) is 6.42 Å². The average Bonchev–Trinajstić information content (AvgIpc) is 2.90. The maximum Gasteiger partial charge on any atom is 0.105 e. The van der Waals surface area contributed by atoms with Crippen LogP contribution in [0.2, 0.25) is 0 Å². The van der Waals surface area contributed by atoms with Gasteiger partial charge in [0.05, 0.1) is 6.26 Å². The average molecular weight is 250 g/mol. The molecule has 2 N–H and O–H groups in total. The van der Waals surface area contributed by atoms with Crippen molar-refractivity contribution in [1.29, 1.82) is 0 Å². The fourth-order valence-corrected chi connectivity index (χ4v) is 3.19. The van der Waals surface area contributed by atoms with Crippen LogP contribution < -0.4 is 5.73 Å². The van der Waals surface area contributed by atoms with Gasteiger partial charge < -0.3 is 10.2 Å². The molecule has 0 spiro atoms. The Bertz CT molecular complexity index is 336. The topological polar surface area (TPSA) is 42.4 Å². The van der Waals surface area contributed by atoms with Gasteiger partial charge in [0.2, 0.25) is 0 Å². The van der Waals surface area contributed by atoms with Gasteiger partial charge in [0.15, 0.2) is 0 Å². The molecule has 3 atom stereocenters. The van der Waals surface area contributed by atoms with E-state index in [1.807, 2.05) is 6.07 Å². The largest absolute Gasteiger partial charge is 0.469 e. The van der Waals surface area contributed by atoms with Gasteiger partial charge >= 0.3 is 0 Å². The molecule has 1 saturated carbocycles. The molecule has 18 heavy (non-hydrogen) atoms. The highest BCUT2D eigenvalue weighted by molar-refractivity contribution is 5.00. The molecule has 1 heterocycles. The first-order valence-corrected chi connectivity index (χ1v) is 7.16. The van der Waals surface area contributed by atoms with E-state index in [-0.39, 0.29) is 0 Å². The highest BCUT2D eigenvalue weighted by atomic mass is 16.3. The Morgan fingerprint density at radius 1 is 1.44 bits per heavy atom. The van der Waals surface area contributed by atoms with Gasteiger partial charge in [-0.15, -0.1) is 0 Å². The summed E-state index contributed by atoms with van der Waals surface area (Å²) >= 11 is 0. The first kappa shape index (κ1) is 13.6. The van der Waals surface area contributed by atoms with Crippen LogP contribution >= 0.6 is 0 Å². The summed E-state index contributed by atoms with van der Waals surface area (Å²) in [7, 11) is 2.24. The molecule has 2 rings (SSSR count). The third kappa shape index (κ3) is 3.15. The Kier molecular flexibility index (Phi) is 4.84. The van der Waals surface area contributed by atoms with Crippen LogP contribution in [0, 0.1) is 5.92 Å². The predicted molar refractivity (Wildman–Crippen MR) is 74.4 cm³/mol. The lowest BCUT2D eigenvalue weighted by atomic mass is 9.83. The Morgan fingerprint density at radius 3 is 2.89 bits per heavy atom. The van der Waals surface area contributed by atoms with Crippen LogP contribution in [0.15, 0.2) is 22.8 Å². The number of likely N-dealkylation sites (N-methyl/N-ethyl adjacent to an activating group) is 1. The van der Waals surface area contributed by atoms with Gasteiger partial charge in [-0.05, 0) is 51.4 Å². The molecule has 3 unspecified atom stereocenters. The first-order chi connectivity index (χ1) is 8.72. The van der Waals surface area contributed by atoms with Crippen LogP contribution in [0.1, 0.15) is 38.4 Å². The lowest BCUT2D eigenvalue weighted by Gasteiger charge is -2.40. The Hall–Kier alpha value is -0.800. The molecular formula is C15H26N2O. The van der Waals surface area contributed by atoms with Crippen molar-refractivity contribution in [3.63, 3.8) is 0 Å². The van der Waals surface area contributed by atoms with E-state index in [2.05, 4.69) is 24.9 Å². The summed E-state index contributed by atoms with van der Waals surface area (Å²) in [6.45, 7) is 3.10. The fraction of sp³-hybridized carbons (Fsp3) is 0.733. The lowest BCUT2D eigenvalue weighted by Crippen LogP contribution is -2.47. The van der Waals surface area contributed by atoms with E-state index in [1.165, 1.54) is 25.7 Å². The third-order valence-electron chi connectivity index (χ3n) is 4.47. The second-order valence-electron chi connectivity index (χ2n) is 5.65. The minimum absolute atomic E-state index is 0.508. The number of nitrogens with two attached hydrogens (primary N) is 1. The summed E-state index contributed by atoms with van der Waals surface area (Å²) in [6, 6.07) is 5.18. The molecule has 1 aliphatic rings. The Labute approximate surface area is 110 Å². The van der Waals surface area contributed by atoms with Gasteiger partial charge in [0, 0.05) is 18.5 Å². The molecule has 3 heteroatoms. The smallest absolute Gasteiger partial charge is 0.105 e. The maximum atomic E-state index is 5.92. The summed E-state index contributed by atoms with van der Waals surface area (Å²) < 4.78 is 5.44. The van der Waals surface area contributed by atoms with E-state index < -0.39 is 0 Å². The molecule has 102 valence electrons.